The molecule has 7 heteroatoms. The van der Waals surface area contributed by atoms with Crippen molar-refractivity contribution in [1.82, 2.24) is 19.7 Å². The molecule has 0 spiro atoms. The zero-order valence-electron chi connectivity index (χ0n) is 16.0. The molecule has 1 atom stereocenters. The van der Waals surface area contributed by atoms with E-state index in [2.05, 4.69) is 47.6 Å². The zero-order valence-corrected chi connectivity index (χ0v) is 16.0. The first-order valence-electron chi connectivity index (χ1n) is 9.55. The number of nitrogens with zero attached hydrogens (tertiary/aromatic N) is 4. The molecule has 1 aliphatic rings. The third kappa shape index (κ3) is 3.30. The average Bonchev–Trinajstić information content (AvgIpc) is 3.43. The predicted molar refractivity (Wildman–Crippen MR) is 106 cm³/mol. The summed E-state index contributed by atoms with van der Waals surface area (Å²) in [6, 6.07) is 15.8. The van der Waals surface area contributed by atoms with Gasteiger partial charge < -0.3 is 14.1 Å². The lowest BCUT2D eigenvalue weighted by Crippen LogP contribution is -2.42. The largest absolute Gasteiger partial charge is 0.459 e. The predicted octanol–water partition coefficient (Wildman–Crippen LogP) is 3.51. The Kier molecular flexibility index (Phi) is 4.37. The fraction of sp³-hybridized carbons (Fsp3) is 0.227. The van der Waals surface area contributed by atoms with Gasteiger partial charge in [-0.25, -0.2) is 4.52 Å². The van der Waals surface area contributed by atoms with E-state index in [9.17, 15) is 4.79 Å². The van der Waals surface area contributed by atoms with E-state index in [0.717, 1.165) is 22.3 Å². The van der Waals surface area contributed by atoms with Gasteiger partial charge in [0, 0.05) is 18.3 Å². The summed E-state index contributed by atoms with van der Waals surface area (Å²) in [5.74, 6) is 0.197. The topological polar surface area (TPSA) is 72.9 Å². The maximum absolute atomic E-state index is 12.6. The van der Waals surface area contributed by atoms with Gasteiger partial charge in [0.15, 0.2) is 5.76 Å². The SMILES string of the molecule is Cc1ccc(-c2ccc3c([C@H]4CN(C(=O)c5ccco5)CCO4)nnn3c2)cc1. The fourth-order valence-corrected chi connectivity index (χ4v) is 3.62. The number of carbonyl (C=O) groups is 1. The molecule has 0 saturated carbocycles. The van der Waals surface area contributed by atoms with Crippen LogP contribution in [0.15, 0.2) is 65.4 Å². The molecule has 0 radical (unpaired) electrons. The Balaban J connectivity index is 1.41. The van der Waals surface area contributed by atoms with Gasteiger partial charge in [-0.1, -0.05) is 41.1 Å². The second-order valence-corrected chi connectivity index (χ2v) is 7.18. The number of pyridine rings is 1. The molecular formula is C22H20N4O3. The highest BCUT2D eigenvalue weighted by Gasteiger charge is 2.30. The maximum Gasteiger partial charge on any atom is 0.289 e. The Morgan fingerprint density at radius 3 is 2.72 bits per heavy atom. The van der Waals surface area contributed by atoms with Crippen LogP contribution in [-0.4, -0.2) is 45.3 Å². The molecule has 4 aromatic rings. The van der Waals surface area contributed by atoms with Crippen molar-refractivity contribution in [2.75, 3.05) is 19.7 Å². The van der Waals surface area contributed by atoms with Crippen LogP contribution in [0.25, 0.3) is 16.6 Å². The zero-order chi connectivity index (χ0) is 19.8. The number of fused-ring (bicyclic) bond motifs is 1. The number of furan rings is 1. The van der Waals surface area contributed by atoms with Crippen LogP contribution in [0.5, 0.6) is 0 Å². The molecule has 29 heavy (non-hydrogen) atoms. The Hall–Kier alpha value is -3.45. The lowest BCUT2D eigenvalue weighted by Gasteiger charge is -2.31. The van der Waals surface area contributed by atoms with E-state index >= 15 is 0 Å². The van der Waals surface area contributed by atoms with Crippen LogP contribution in [0.3, 0.4) is 0 Å². The van der Waals surface area contributed by atoms with Crippen molar-refractivity contribution in [1.29, 1.82) is 0 Å². The summed E-state index contributed by atoms with van der Waals surface area (Å²) in [6.45, 7) is 3.44. The van der Waals surface area contributed by atoms with Crippen molar-refractivity contribution in [3.05, 3.63) is 78.0 Å². The van der Waals surface area contributed by atoms with Crippen LogP contribution in [0.1, 0.15) is 27.9 Å². The summed E-state index contributed by atoms with van der Waals surface area (Å²) in [5, 5.41) is 8.63. The first-order valence-corrected chi connectivity index (χ1v) is 9.55. The number of amides is 1. The molecule has 4 heterocycles. The van der Waals surface area contributed by atoms with E-state index < -0.39 is 0 Å². The van der Waals surface area contributed by atoms with Crippen LogP contribution in [0, 0.1) is 6.92 Å². The molecule has 5 rings (SSSR count). The third-order valence-corrected chi connectivity index (χ3v) is 5.22. The highest BCUT2D eigenvalue weighted by atomic mass is 16.5. The highest BCUT2D eigenvalue weighted by Crippen LogP contribution is 2.27. The van der Waals surface area contributed by atoms with Crippen LogP contribution in [0.4, 0.5) is 0 Å². The Morgan fingerprint density at radius 1 is 1.10 bits per heavy atom. The molecule has 3 aromatic heterocycles. The average molecular weight is 388 g/mol. The van der Waals surface area contributed by atoms with Crippen LogP contribution in [-0.2, 0) is 4.74 Å². The van der Waals surface area contributed by atoms with Gasteiger partial charge in [0.2, 0.25) is 0 Å². The molecule has 1 amide bonds. The Bertz CT molecular complexity index is 1150. The molecule has 0 bridgehead atoms. The summed E-state index contributed by atoms with van der Waals surface area (Å²) in [5.41, 5.74) is 5.02. The lowest BCUT2D eigenvalue weighted by molar-refractivity contribution is -0.0250. The standard InChI is InChI=1S/C22H20N4O3/c1-15-4-6-16(7-5-15)17-8-9-18-21(23-24-26(18)13-17)20-14-25(10-12-29-20)22(27)19-3-2-11-28-19/h2-9,11,13,20H,10,12,14H2,1H3/t20-/m1/s1. The van der Waals surface area contributed by atoms with Gasteiger partial charge in [-0.3, -0.25) is 4.79 Å². The van der Waals surface area contributed by atoms with E-state index in [1.54, 1.807) is 21.5 Å². The molecule has 1 aliphatic heterocycles. The number of ether oxygens (including phenoxy) is 1. The maximum atomic E-state index is 12.6. The Morgan fingerprint density at radius 2 is 1.93 bits per heavy atom. The minimum Gasteiger partial charge on any atom is -0.459 e. The number of benzene rings is 1. The number of rotatable bonds is 3. The van der Waals surface area contributed by atoms with Gasteiger partial charge in [0.05, 0.1) is 24.9 Å². The summed E-state index contributed by atoms with van der Waals surface area (Å²) >= 11 is 0. The molecule has 7 nitrogen and oxygen atoms in total. The second kappa shape index (κ2) is 7.18. The molecule has 0 N–H and O–H groups in total. The van der Waals surface area contributed by atoms with Crippen molar-refractivity contribution >= 4 is 11.4 Å². The van der Waals surface area contributed by atoms with Gasteiger partial charge >= 0.3 is 0 Å². The first-order chi connectivity index (χ1) is 14.2. The third-order valence-electron chi connectivity index (χ3n) is 5.22. The van der Waals surface area contributed by atoms with Gasteiger partial charge in [-0.15, -0.1) is 5.10 Å². The fourth-order valence-electron chi connectivity index (χ4n) is 3.62. The molecule has 146 valence electrons. The van der Waals surface area contributed by atoms with Crippen LogP contribution in [0.2, 0.25) is 0 Å². The van der Waals surface area contributed by atoms with Crippen LogP contribution < -0.4 is 0 Å². The summed E-state index contributed by atoms with van der Waals surface area (Å²) in [4.78, 5) is 14.3. The minimum absolute atomic E-state index is 0.138. The summed E-state index contributed by atoms with van der Waals surface area (Å²) < 4.78 is 12.9. The number of aromatic nitrogens is 3. The van der Waals surface area contributed by atoms with Gasteiger partial charge in [0.25, 0.3) is 5.91 Å². The van der Waals surface area contributed by atoms with E-state index in [1.165, 1.54) is 11.8 Å². The number of aryl methyl sites for hydroxylation is 1. The highest BCUT2D eigenvalue weighted by molar-refractivity contribution is 5.91. The number of hydrogen-bond acceptors (Lipinski definition) is 5. The van der Waals surface area contributed by atoms with E-state index in [1.807, 2.05) is 12.3 Å². The quantitative estimate of drug-likeness (QED) is 0.537. The smallest absolute Gasteiger partial charge is 0.289 e. The Labute approximate surface area is 167 Å². The molecule has 0 unspecified atom stereocenters. The number of carbonyl (C=O) groups excluding carboxylic acids is 1. The molecule has 0 aliphatic carbocycles. The number of morpholine rings is 1. The van der Waals surface area contributed by atoms with Crippen molar-refractivity contribution in [2.45, 2.75) is 13.0 Å². The summed E-state index contributed by atoms with van der Waals surface area (Å²) in [6.07, 6.45) is 3.14. The van der Waals surface area contributed by atoms with Crippen molar-refractivity contribution in [3.63, 3.8) is 0 Å². The first kappa shape index (κ1) is 17.6. The van der Waals surface area contributed by atoms with Crippen molar-refractivity contribution in [3.8, 4) is 11.1 Å². The normalized spacial score (nSPS) is 17.0. The monoisotopic (exact) mass is 388 g/mol. The van der Waals surface area contributed by atoms with Crippen molar-refractivity contribution < 1.29 is 13.9 Å². The van der Waals surface area contributed by atoms with Crippen LogP contribution >= 0.6 is 0 Å². The minimum atomic E-state index is -0.328. The lowest BCUT2D eigenvalue weighted by atomic mass is 10.1. The van der Waals surface area contributed by atoms with Gasteiger partial charge in [0.1, 0.15) is 11.8 Å². The molecular weight excluding hydrogens is 368 g/mol. The summed E-state index contributed by atoms with van der Waals surface area (Å²) in [7, 11) is 0. The molecule has 1 fully saturated rings. The van der Waals surface area contributed by atoms with Gasteiger partial charge in [-0.2, -0.15) is 0 Å². The van der Waals surface area contributed by atoms with E-state index in [4.69, 9.17) is 9.15 Å². The van der Waals surface area contributed by atoms with E-state index in [0.29, 0.717) is 25.5 Å². The van der Waals surface area contributed by atoms with E-state index in [-0.39, 0.29) is 12.0 Å². The number of hydrogen-bond donors (Lipinski definition) is 0. The molecule has 1 aromatic carbocycles. The van der Waals surface area contributed by atoms with Crippen molar-refractivity contribution in [2.24, 2.45) is 0 Å². The van der Waals surface area contributed by atoms with Gasteiger partial charge in [-0.05, 0) is 30.7 Å². The second-order valence-electron chi connectivity index (χ2n) is 7.18. The molecule has 1 saturated heterocycles.